The summed E-state index contributed by atoms with van der Waals surface area (Å²) in [5.41, 5.74) is 0. The number of likely N-dealkylation sites (tertiary alicyclic amines) is 2. The SMILES string of the molecule is O=C([C@H]1CC(=O)N(C2CCCC2)C1)N1CCC(c2nnc3n2CCNC3)CC1. The fourth-order valence-electron chi connectivity index (χ4n) is 5.50. The Morgan fingerprint density at radius 3 is 2.61 bits per heavy atom. The molecule has 4 aliphatic rings. The summed E-state index contributed by atoms with van der Waals surface area (Å²) in [5, 5.41) is 12.1. The minimum absolute atomic E-state index is 0.142. The maximum absolute atomic E-state index is 13.0. The second-order valence-electron chi connectivity index (χ2n) is 8.79. The molecule has 1 saturated carbocycles. The van der Waals surface area contributed by atoms with Crippen LogP contribution in [0.25, 0.3) is 0 Å². The molecule has 3 aliphatic heterocycles. The quantitative estimate of drug-likeness (QED) is 0.834. The number of nitrogens with one attached hydrogen (secondary N) is 1. The lowest BCUT2D eigenvalue weighted by atomic mass is 9.94. The Kier molecular flexibility index (Phi) is 4.82. The van der Waals surface area contributed by atoms with Crippen molar-refractivity contribution in [3.63, 3.8) is 0 Å². The van der Waals surface area contributed by atoms with Gasteiger partial charge in [0.15, 0.2) is 0 Å². The van der Waals surface area contributed by atoms with Gasteiger partial charge in [-0.1, -0.05) is 12.8 Å². The molecule has 8 heteroatoms. The summed E-state index contributed by atoms with van der Waals surface area (Å²) in [6.07, 6.45) is 6.91. The van der Waals surface area contributed by atoms with Crippen LogP contribution in [-0.2, 0) is 22.7 Å². The summed E-state index contributed by atoms with van der Waals surface area (Å²) in [6, 6.07) is 0.379. The van der Waals surface area contributed by atoms with Crippen LogP contribution in [0, 0.1) is 5.92 Å². The van der Waals surface area contributed by atoms with E-state index in [1.54, 1.807) is 0 Å². The lowest BCUT2D eigenvalue weighted by Crippen LogP contribution is -2.43. The Hall–Kier alpha value is -1.96. The molecule has 1 aromatic rings. The highest BCUT2D eigenvalue weighted by Crippen LogP contribution is 2.32. The van der Waals surface area contributed by atoms with Gasteiger partial charge in [-0.15, -0.1) is 10.2 Å². The Morgan fingerprint density at radius 1 is 1.04 bits per heavy atom. The van der Waals surface area contributed by atoms with Crippen molar-refractivity contribution >= 4 is 11.8 Å². The van der Waals surface area contributed by atoms with Crippen LogP contribution in [0.15, 0.2) is 0 Å². The molecule has 2 saturated heterocycles. The number of aromatic nitrogens is 3. The molecule has 2 amide bonds. The van der Waals surface area contributed by atoms with Gasteiger partial charge in [0.25, 0.3) is 0 Å². The van der Waals surface area contributed by atoms with Gasteiger partial charge in [0.05, 0.1) is 12.5 Å². The number of hydrogen-bond acceptors (Lipinski definition) is 5. The third kappa shape index (κ3) is 3.21. The molecule has 0 bridgehead atoms. The highest BCUT2D eigenvalue weighted by atomic mass is 16.2. The van der Waals surface area contributed by atoms with Crippen molar-refractivity contribution in [2.45, 2.75) is 70.0 Å². The van der Waals surface area contributed by atoms with E-state index in [0.29, 0.717) is 24.9 Å². The monoisotopic (exact) mass is 386 g/mol. The van der Waals surface area contributed by atoms with Crippen molar-refractivity contribution < 1.29 is 9.59 Å². The van der Waals surface area contributed by atoms with Crippen LogP contribution >= 0.6 is 0 Å². The molecule has 1 aromatic heterocycles. The first-order valence-electron chi connectivity index (χ1n) is 10.9. The standard InChI is InChI=1S/C20H30N6O2/c27-18-11-15(13-26(18)16-3-1-2-4-16)20(28)24-8-5-14(6-9-24)19-23-22-17-12-21-7-10-25(17)19/h14-16,21H,1-13H2/t15-/m0/s1. The summed E-state index contributed by atoms with van der Waals surface area (Å²) < 4.78 is 2.26. The smallest absolute Gasteiger partial charge is 0.227 e. The first kappa shape index (κ1) is 18.1. The van der Waals surface area contributed by atoms with E-state index in [0.717, 1.165) is 70.1 Å². The molecular weight excluding hydrogens is 356 g/mol. The molecule has 0 spiro atoms. The molecule has 0 radical (unpaired) electrons. The Balaban J connectivity index is 1.18. The maximum Gasteiger partial charge on any atom is 0.227 e. The number of carbonyl (C=O) groups is 2. The second kappa shape index (κ2) is 7.46. The van der Waals surface area contributed by atoms with Gasteiger partial charge in [-0.05, 0) is 25.7 Å². The van der Waals surface area contributed by atoms with Crippen LogP contribution in [0.4, 0.5) is 0 Å². The van der Waals surface area contributed by atoms with Gasteiger partial charge in [0.1, 0.15) is 11.6 Å². The molecule has 8 nitrogen and oxygen atoms in total. The van der Waals surface area contributed by atoms with E-state index in [1.165, 1.54) is 12.8 Å². The van der Waals surface area contributed by atoms with Crippen molar-refractivity contribution in [1.29, 1.82) is 0 Å². The molecule has 1 aliphatic carbocycles. The first-order valence-corrected chi connectivity index (χ1v) is 10.9. The lowest BCUT2D eigenvalue weighted by Gasteiger charge is -2.33. The summed E-state index contributed by atoms with van der Waals surface area (Å²) in [4.78, 5) is 29.5. The average Bonchev–Trinajstić information content (AvgIpc) is 3.47. The van der Waals surface area contributed by atoms with E-state index >= 15 is 0 Å². The van der Waals surface area contributed by atoms with Crippen molar-refractivity contribution in [1.82, 2.24) is 29.9 Å². The van der Waals surface area contributed by atoms with Crippen LogP contribution in [0.2, 0.25) is 0 Å². The summed E-state index contributed by atoms with van der Waals surface area (Å²) in [6.45, 7) is 4.83. The first-order chi connectivity index (χ1) is 13.7. The van der Waals surface area contributed by atoms with E-state index in [1.807, 2.05) is 9.80 Å². The van der Waals surface area contributed by atoms with E-state index in [2.05, 4.69) is 20.1 Å². The number of amides is 2. The molecule has 28 heavy (non-hydrogen) atoms. The lowest BCUT2D eigenvalue weighted by molar-refractivity contribution is -0.136. The van der Waals surface area contributed by atoms with Gasteiger partial charge in [0.2, 0.25) is 11.8 Å². The Morgan fingerprint density at radius 2 is 1.82 bits per heavy atom. The second-order valence-corrected chi connectivity index (χ2v) is 8.79. The van der Waals surface area contributed by atoms with Gasteiger partial charge in [0, 0.05) is 51.1 Å². The minimum atomic E-state index is -0.142. The normalized spacial score (nSPS) is 26.9. The number of carbonyl (C=O) groups excluding carboxylic acids is 2. The maximum atomic E-state index is 13.0. The van der Waals surface area contributed by atoms with Crippen LogP contribution in [0.5, 0.6) is 0 Å². The zero-order valence-corrected chi connectivity index (χ0v) is 16.5. The van der Waals surface area contributed by atoms with Gasteiger partial charge in [-0.25, -0.2) is 0 Å². The molecule has 1 atom stereocenters. The fourth-order valence-corrected chi connectivity index (χ4v) is 5.50. The third-order valence-electron chi connectivity index (χ3n) is 7.10. The largest absolute Gasteiger partial charge is 0.342 e. The third-order valence-corrected chi connectivity index (χ3v) is 7.10. The zero-order valence-electron chi connectivity index (χ0n) is 16.5. The van der Waals surface area contributed by atoms with Crippen molar-refractivity contribution in [2.75, 3.05) is 26.2 Å². The zero-order chi connectivity index (χ0) is 19.1. The van der Waals surface area contributed by atoms with E-state index in [-0.39, 0.29) is 17.7 Å². The molecule has 0 unspecified atom stereocenters. The van der Waals surface area contributed by atoms with Crippen LogP contribution in [-0.4, -0.2) is 68.6 Å². The van der Waals surface area contributed by atoms with Crippen LogP contribution in [0.1, 0.15) is 62.5 Å². The number of rotatable bonds is 3. The van der Waals surface area contributed by atoms with Gasteiger partial charge < -0.3 is 19.7 Å². The summed E-state index contributed by atoms with van der Waals surface area (Å²) >= 11 is 0. The average molecular weight is 387 g/mol. The Labute approximate surface area is 165 Å². The topological polar surface area (TPSA) is 83.4 Å². The summed E-state index contributed by atoms with van der Waals surface area (Å²) in [7, 11) is 0. The molecule has 1 N–H and O–H groups in total. The molecular formula is C20H30N6O2. The highest BCUT2D eigenvalue weighted by Gasteiger charge is 2.41. The minimum Gasteiger partial charge on any atom is -0.342 e. The molecule has 4 heterocycles. The van der Waals surface area contributed by atoms with E-state index in [4.69, 9.17) is 0 Å². The molecule has 152 valence electrons. The van der Waals surface area contributed by atoms with Crippen LogP contribution in [0.3, 0.4) is 0 Å². The van der Waals surface area contributed by atoms with E-state index < -0.39 is 0 Å². The van der Waals surface area contributed by atoms with Gasteiger partial charge in [-0.3, -0.25) is 9.59 Å². The van der Waals surface area contributed by atoms with Gasteiger partial charge in [-0.2, -0.15) is 0 Å². The Bertz CT molecular complexity index is 748. The number of piperidine rings is 1. The van der Waals surface area contributed by atoms with Gasteiger partial charge >= 0.3 is 0 Å². The summed E-state index contributed by atoms with van der Waals surface area (Å²) in [5.74, 6) is 2.71. The number of hydrogen-bond donors (Lipinski definition) is 1. The van der Waals surface area contributed by atoms with Crippen molar-refractivity contribution in [3.05, 3.63) is 11.6 Å². The number of nitrogens with zero attached hydrogens (tertiary/aromatic N) is 5. The van der Waals surface area contributed by atoms with E-state index in [9.17, 15) is 9.59 Å². The predicted octanol–water partition coefficient (Wildman–Crippen LogP) is 0.878. The van der Waals surface area contributed by atoms with Crippen molar-refractivity contribution in [3.8, 4) is 0 Å². The van der Waals surface area contributed by atoms with Crippen molar-refractivity contribution in [2.24, 2.45) is 5.92 Å². The molecule has 5 rings (SSSR count). The predicted molar refractivity (Wildman–Crippen MR) is 102 cm³/mol. The number of fused-ring (bicyclic) bond motifs is 1. The fraction of sp³-hybridized carbons (Fsp3) is 0.800. The van der Waals surface area contributed by atoms with Crippen LogP contribution < -0.4 is 5.32 Å². The highest BCUT2D eigenvalue weighted by molar-refractivity contribution is 5.89. The molecule has 3 fully saturated rings. The molecule has 0 aromatic carbocycles.